The molecule has 1 fully saturated rings. The molecule has 0 radical (unpaired) electrons. The second-order valence-corrected chi connectivity index (χ2v) is 8.32. The van der Waals surface area contributed by atoms with E-state index in [1.807, 2.05) is 0 Å². The molecule has 3 aromatic rings. The maximum atomic E-state index is 14.0. The van der Waals surface area contributed by atoms with Crippen molar-refractivity contribution < 1.29 is 23.2 Å². The van der Waals surface area contributed by atoms with Gasteiger partial charge in [0, 0.05) is 24.7 Å². The lowest BCUT2D eigenvalue weighted by Gasteiger charge is -2.14. The minimum atomic E-state index is -0.630. The lowest BCUT2D eigenvalue weighted by Crippen LogP contribution is -2.37. The zero-order valence-corrected chi connectivity index (χ0v) is 18.5. The van der Waals surface area contributed by atoms with Gasteiger partial charge in [-0.25, -0.2) is 18.7 Å². The van der Waals surface area contributed by atoms with E-state index < -0.39 is 28.7 Å². The molecular formula is C23H18F2N4O3S. The number of hydrogen-bond acceptors (Lipinski definition) is 6. The number of aromatic nitrogens is 2. The summed E-state index contributed by atoms with van der Waals surface area (Å²) < 4.78 is 27.9. The number of aryl methyl sites for hydroxylation is 2. The molecule has 2 aromatic carbocycles. The van der Waals surface area contributed by atoms with E-state index in [1.165, 1.54) is 30.3 Å². The summed E-state index contributed by atoms with van der Waals surface area (Å²) in [6.07, 6.45) is 1.32. The molecule has 1 saturated heterocycles. The van der Waals surface area contributed by atoms with E-state index >= 15 is 0 Å². The first-order valence-corrected chi connectivity index (χ1v) is 10.8. The number of carbonyl (C=O) groups excluding carboxylic acids is 3. The van der Waals surface area contributed by atoms with Gasteiger partial charge in [0.2, 0.25) is 0 Å². The maximum Gasteiger partial charge on any atom is 0.293 e. The summed E-state index contributed by atoms with van der Waals surface area (Å²) in [4.78, 5) is 47.2. The first-order chi connectivity index (χ1) is 15.7. The van der Waals surface area contributed by atoms with Crippen molar-refractivity contribution in [1.82, 2.24) is 20.2 Å². The highest BCUT2D eigenvalue weighted by Crippen LogP contribution is 2.32. The number of carbonyl (C=O) groups is 3. The van der Waals surface area contributed by atoms with Crippen LogP contribution in [-0.4, -0.2) is 45.0 Å². The standard InChI is InChI=1S/C23H18F2N4O3S/c1-12-13(2)28-20-16(10-15(24)11-18(20)27-12)21(30)26-7-8-29-22(31)19(33-23(29)32)9-14-5-3-4-6-17(14)25/h3-6,9-11H,7-8H2,1-2H3,(H,26,30)/b19-9+. The highest BCUT2D eigenvalue weighted by atomic mass is 32.2. The van der Waals surface area contributed by atoms with E-state index in [4.69, 9.17) is 0 Å². The largest absolute Gasteiger partial charge is 0.350 e. The van der Waals surface area contributed by atoms with Crippen LogP contribution in [0.3, 0.4) is 0 Å². The lowest BCUT2D eigenvalue weighted by atomic mass is 10.1. The summed E-state index contributed by atoms with van der Waals surface area (Å²) >= 11 is 0.699. The Morgan fingerprint density at radius 3 is 2.61 bits per heavy atom. The van der Waals surface area contributed by atoms with Gasteiger partial charge in [-0.3, -0.25) is 19.3 Å². The van der Waals surface area contributed by atoms with Crippen LogP contribution < -0.4 is 5.32 Å². The Morgan fingerprint density at radius 2 is 1.85 bits per heavy atom. The Kier molecular flexibility index (Phi) is 6.19. The molecule has 1 aliphatic heterocycles. The lowest BCUT2D eigenvalue weighted by molar-refractivity contribution is -0.122. The van der Waals surface area contributed by atoms with Crippen molar-refractivity contribution in [2.75, 3.05) is 13.1 Å². The van der Waals surface area contributed by atoms with Gasteiger partial charge in [-0.05, 0) is 43.8 Å². The molecule has 0 saturated carbocycles. The number of rotatable bonds is 5. The Morgan fingerprint density at radius 1 is 1.12 bits per heavy atom. The van der Waals surface area contributed by atoms with Crippen LogP contribution in [0, 0.1) is 25.5 Å². The van der Waals surface area contributed by atoms with Crippen LogP contribution in [-0.2, 0) is 4.79 Å². The van der Waals surface area contributed by atoms with Crippen molar-refractivity contribution in [2.45, 2.75) is 13.8 Å². The molecule has 2 heterocycles. The van der Waals surface area contributed by atoms with Crippen molar-refractivity contribution in [2.24, 2.45) is 0 Å². The third-order valence-electron chi connectivity index (χ3n) is 5.08. The van der Waals surface area contributed by atoms with Crippen LogP contribution in [0.5, 0.6) is 0 Å². The summed E-state index contributed by atoms with van der Waals surface area (Å²) in [5.74, 6) is -2.32. The summed E-state index contributed by atoms with van der Waals surface area (Å²) in [6.45, 7) is 3.33. The van der Waals surface area contributed by atoms with Crippen LogP contribution in [0.1, 0.15) is 27.3 Å². The second-order valence-electron chi connectivity index (χ2n) is 7.33. The maximum absolute atomic E-state index is 14.0. The number of amides is 3. The number of fused-ring (bicyclic) bond motifs is 1. The number of imide groups is 1. The molecule has 1 N–H and O–H groups in total. The van der Waals surface area contributed by atoms with Crippen molar-refractivity contribution in [3.05, 3.63) is 75.5 Å². The van der Waals surface area contributed by atoms with Crippen LogP contribution in [0.25, 0.3) is 17.1 Å². The van der Waals surface area contributed by atoms with Crippen molar-refractivity contribution >= 4 is 45.9 Å². The van der Waals surface area contributed by atoms with Crippen molar-refractivity contribution in [1.29, 1.82) is 0 Å². The fourth-order valence-corrected chi connectivity index (χ4v) is 4.13. The molecule has 1 aliphatic rings. The third-order valence-corrected chi connectivity index (χ3v) is 5.98. The SMILES string of the molecule is Cc1nc2cc(F)cc(C(=O)NCCN3C(=O)S/C(=C/c4ccccc4F)C3=O)c2nc1C. The third kappa shape index (κ3) is 4.61. The summed E-state index contributed by atoms with van der Waals surface area (Å²) in [7, 11) is 0. The van der Waals surface area contributed by atoms with E-state index in [0.29, 0.717) is 23.1 Å². The molecule has 33 heavy (non-hydrogen) atoms. The number of nitrogens with one attached hydrogen (secondary N) is 1. The van der Waals surface area contributed by atoms with Crippen molar-refractivity contribution in [3.8, 4) is 0 Å². The molecular weight excluding hydrogens is 450 g/mol. The fourth-order valence-electron chi connectivity index (χ4n) is 3.27. The van der Waals surface area contributed by atoms with Gasteiger partial charge in [0.05, 0.1) is 27.4 Å². The molecule has 0 spiro atoms. The highest BCUT2D eigenvalue weighted by molar-refractivity contribution is 8.18. The number of nitrogens with zero attached hydrogens (tertiary/aromatic N) is 3. The molecule has 3 amide bonds. The summed E-state index contributed by atoms with van der Waals surface area (Å²) in [5.41, 5.74) is 1.96. The zero-order valence-electron chi connectivity index (χ0n) is 17.7. The van der Waals surface area contributed by atoms with E-state index in [-0.39, 0.29) is 40.2 Å². The smallest absolute Gasteiger partial charge is 0.293 e. The molecule has 1 aromatic heterocycles. The predicted octanol–water partition coefficient (Wildman–Crippen LogP) is 3.99. The number of hydrogen-bond donors (Lipinski definition) is 1. The number of benzene rings is 2. The Balaban J connectivity index is 1.46. The van der Waals surface area contributed by atoms with Gasteiger partial charge in [-0.1, -0.05) is 18.2 Å². The number of thioether (sulfide) groups is 1. The average molecular weight is 468 g/mol. The quantitative estimate of drug-likeness (QED) is 0.570. The van der Waals surface area contributed by atoms with Crippen LogP contribution in [0.15, 0.2) is 41.3 Å². The number of halogens is 2. The molecule has 168 valence electrons. The Hall–Kier alpha value is -3.66. The van der Waals surface area contributed by atoms with Crippen molar-refractivity contribution in [3.63, 3.8) is 0 Å². The average Bonchev–Trinajstić information content (AvgIpc) is 3.03. The first kappa shape index (κ1) is 22.5. The minimum absolute atomic E-state index is 0.00851. The molecule has 0 bridgehead atoms. The van der Waals surface area contributed by atoms with E-state index in [9.17, 15) is 23.2 Å². The molecule has 7 nitrogen and oxygen atoms in total. The second kappa shape index (κ2) is 9.07. The minimum Gasteiger partial charge on any atom is -0.350 e. The van der Waals surface area contributed by atoms with Gasteiger partial charge in [0.15, 0.2) is 0 Å². The van der Waals surface area contributed by atoms with E-state index in [1.54, 1.807) is 19.9 Å². The monoisotopic (exact) mass is 468 g/mol. The Bertz CT molecular complexity index is 1340. The van der Waals surface area contributed by atoms with Gasteiger partial charge in [0.25, 0.3) is 17.1 Å². The fraction of sp³-hybridized carbons (Fsp3) is 0.174. The molecule has 0 aliphatic carbocycles. The molecule has 0 atom stereocenters. The first-order valence-electron chi connectivity index (χ1n) is 9.97. The van der Waals surface area contributed by atoms with Crippen LogP contribution >= 0.6 is 11.8 Å². The normalized spacial score (nSPS) is 15.0. The zero-order chi connectivity index (χ0) is 23.7. The van der Waals surface area contributed by atoms with Gasteiger partial charge in [-0.2, -0.15) is 0 Å². The van der Waals surface area contributed by atoms with E-state index in [0.717, 1.165) is 11.0 Å². The molecule has 0 unspecified atom stereocenters. The highest BCUT2D eigenvalue weighted by Gasteiger charge is 2.34. The molecule has 4 rings (SSSR count). The Labute approximate surface area is 191 Å². The topological polar surface area (TPSA) is 92.3 Å². The predicted molar refractivity (Wildman–Crippen MR) is 120 cm³/mol. The van der Waals surface area contributed by atoms with Crippen LogP contribution in [0.4, 0.5) is 13.6 Å². The van der Waals surface area contributed by atoms with E-state index in [2.05, 4.69) is 15.3 Å². The van der Waals surface area contributed by atoms with Crippen LogP contribution in [0.2, 0.25) is 0 Å². The summed E-state index contributed by atoms with van der Waals surface area (Å²) in [6, 6.07) is 8.18. The van der Waals surface area contributed by atoms with Gasteiger partial charge in [0.1, 0.15) is 17.2 Å². The van der Waals surface area contributed by atoms with Gasteiger partial charge >= 0.3 is 0 Å². The summed E-state index contributed by atoms with van der Waals surface area (Å²) in [5, 5.41) is 2.06. The van der Waals surface area contributed by atoms with Gasteiger partial charge in [-0.15, -0.1) is 0 Å². The molecule has 10 heteroatoms. The van der Waals surface area contributed by atoms with Gasteiger partial charge < -0.3 is 5.32 Å².